The van der Waals surface area contributed by atoms with E-state index >= 15 is 0 Å². The molecule has 1 N–H and O–H groups in total. The van der Waals surface area contributed by atoms with Crippen LogP contribution in [0.1, 0.15) is 24.1 Å². The van der Waals surface area contributed by atoms with Gasteiger partial charge in [-0.1, -0.05) is 24.3 Å². The lowest BCUT2D eigenvalue weighted by Gasteiger charge is -2.15. The van der Waals surface area contributed by atoms with E-state index in [1.165, 1.54) is 11.1 Å². The summed E-state index contributed by atoms with van der Waals surface area (Å²) < 4.78 is 7.18. The van der Waals surface area contributed by atoms with Crippen molar-refractivity contribution in [3.05, 3.63) is 78.4 Å². The van der Waals surface area contributed by atoms with Gasteiger partial charge in [-0.05, 0) is 42.3 Å². The molecule has 2 aromatic carbocycles. The summed E-state index contributed by atoms with van der Waals surface area (Å²) in [6.07, 6.45) is 5.54. The number of nitrogens with one attached hydrogen (secondary N) is 1. The molecule has 0 amide bonds. The first-order valence-electron chi connectivity index (χ1n) is 7.71. The molecule has 0 spiro atoms. The lowest BCUT2D eigenvalue weighted by molar-refractivity contribution is 0.414. The van der Waals surface area contributed by atoms with Crippen LogP contribution >= 0.6 is 0 Å². The standard InChI is InChI=1S/C19H21N3O/c1-15(21-13-16-3-9-19(23-2)10-4-16)17-5-7-18(8-6-17)22-12-11-20-14-22/h3-12,14-15,21H,13H2,1-2H3/t15-/m0/s1. The van der Waals surface area contributed by atoms with Gasteiger partial charge in [0.15, 0.2) is 0 Å². The molecule has 0 aliphatic rings. The zero-order valence-corrected chi connectivity index (χ0v) is 13.4. The Morgan fingerprint density at radius 3 is 2.43 bits per heavy atom. The van der Waals surface area contributed by atoms with Crippen LogP contribution in [0.5, 0.6) is 5.75 Å². The third-order valence-corrected chi connectivity index (χ3v) is 3.97. The molecular weight excluding hydrogens is 286 g/mol. The molecule has 0 aliphatic carbocycles. The third kappa shape index (κ3) is 3.79. The van der Waals surface area contributed by atoms with Crippen LogP contribution in [0.3, 0.4) is 0 Å². The van der Waals surface area contributed by atoms with Gasteiger partial charge in [0.05, 0.1) is 13.4 Å². The zero-order valence-electron chi connectivity index (χ0n) is 13.4. The number of ether oxygens (including phenoxy) is 1. The lowest BCUT2D eigenvalue weighted by Crippen LogP contribution is -2.18. The van der Waals surface area contributed by atoms with E-state index in [1.807, 2.05) is 22.9 Å². The number of benzene rings is 2. The molecule has 1 atom stereocenters. The summed E-state index contributed by atoms with van der Waals surface area (Å²) in [5, 5.41) is 3.55. The Labute approximate surface area is 136 Å². The lowest BCUT2D eigenvalue weighted by atomic mass is 10.1. The van der Waals surface area contributed by atoms with Crippen LogP contribution in [0.25, 0.3) is 5.69 Å². The smallest absolute Gasteiger partial charge is 0.118 e. The van der Waals surface area contributed by atoms with Gasteiger partial charge in [0.2, 0.25) is 0 Å². The molecule has 0 aliphatic heterocycles. The maximum absolute atomic E-state index is 5.18. The zero-order chi connectivity index (χ0) is 16.1. The fraction of sp³-hybridized carbons (Fsp3) is 0.211. The predicted molar refractivity (Wildman–Crippen MR) is 91.8 cm³/mol. The number of aromatic nitrogens is 2. The van der Waals surface area contributed by atoms with Crippen LogP contribution in [0.2, 0.25) is 0 Å². The third-order valence-electron chi connectivity index (χ3n) is 3.97. The fourth-order valence-corrected chi connectivity index (χ4v) is 2.48. The van der Waals surface area contributed by atoms with Crippen molar-refractivity contribution in [3.8, 4) is 11.4 Å². The first-order valence-corrected chi connectivity index (χ1v) is 7.71. The SMILES string of the molecule is COc1ccc(CN[C@@H](C)c2ccc(-n3ccnc3)cc2)cc1. The molecule has 1 aromatic heterocycles. The van der Waals surface area contributed by atoms with Gasteiger partial charge in [-0.3, -0.25) is 0 Å². The molecule has 0 radical (unpaired) electrons. The molecule has 4 heteroatoms. The summed E-state index contributed by atoms with van der Waals surface area (Å²) in [6, 6.07) is 17.0. The average molecular weight is 307 g/mol. The summed E-state index contributed by atoms with van der Waals surface area (Å²) >= 11 is 0. The summed E-state index contributed by atoms with van der Waals surface area (Å²) in [6.45, 7) is 3.00. The average Bonchev–Trinajstić information content (AvgIpc) is 3.15. The molecule has 0 saturated carbocycles. The van der Waals surface area contributed by atoms with Gasteiger partial charge in [-0.25, -0.2) is 4.98 Å². The maximum atomic E-state index is 5.18. The normalized spacial score (nSPS) is 12.1. The summed E-state index contributed by atoms with van der Waals surface area (Å²) in [5.74, 6) is 0.886. The minimum absolute atomic E-state index is 0.286. The highest BCUT2D eigenvalue weighted by Crippen LogP contribution is 2.17. The Bertz CT molecular complexity index is 718. The summed E-state index contributed by atoms with van der Waals surface area (Å²) in [5.41, 5.74) is 3.63. The van der Waals surface area contributed by atoms with Gasteiger partial charge in [0, 0.05) is 30.7 Å². The second-order valence-corrected chi connectivity index (χ2v) is 5.51. The van der Waals surface area contributed by atoms with E-state index in [9.17, 15) is 0 Å². The predicted octanol–water partition coefficient (Wildman–Crippen LogP) is 3.73. The highest BCUT2D eigenvalue weighted by atomic mass is 16.5. The van der Waals surface area contributed by atoms with E-state index in [0.29, 0.717) is 0 Å². The highest BCUT2D eigenvalue weighted by Gasteiger charge is 2.05. The topological polar surface area (TPSA) is 39.1 Å². The minimum Gasteiger partial charge on any atom is -0.497 e. The summed E-state index contributed by atoms with van der Waals surface area (Å²) in [7, 11) is 1.68. The van der Waals surface area contributed by atoms with Crippen molar-refractivity contribution >= 4 is 0 Å². The van der Waals surface area contributed by atoms with Gasteiger partial charge in [0.25, 0.3) is 0 Å². The fourth-order valence-electron chi connectivity index (χ4n) is 2.48. The van der Waals surface area contributed by atoms with Crippen molar-refractivity contribution in [2.75, 3.05) is 7.11 Å². The molecule has 0 saturated heterocycles. The second-order valence-electron chi connectivity index (χ2n) is 5.51. The van der Waals surface area contributed by atoms with E-state index in [4.69, 9.17) is 4.74 Å². The van der Waals surface area contributed by atoms with Gasteiger partial charge in [-0.15, -0.1) is 0 Å². The Morgan fingerprint density at radius 1 is 1.09 bits per heavy atom. The second kappa shape index (κ2) is 7.11. The Kier molecular flexibility index (Phi) is 4.74. The molecule has 0 bridgehead atoms. The maximum Gasteiger partial charge on any atom is 0.118 e. The van der Waals surface area contributed by atoms with Gasteiger partial charge < -0.3 is 14.6 Å². The number of nitrogens with zero attached hydrogens (tertiary/aromatic N) is 2. The van der Waals surface area contributed by atoms with Crippen molar-refractivity contribution in [1.29, 1.82) is 0 Å². The van der Waals surface area contributed by atoms with E-state index in [-0.39, 0.29) is 6.04 Å². The van der Waals surface area contributed by atoms with Crippen LogP contribution in [-0.4, -0.2) is 16.7 Å². The Balaban J connectivity index is 1.60. The molecule has 4 nitrogen and oxygen atoms in total. The first-order chi connectivity index (χ1) is 11.3. The number of rotatable bonds is 6. The molecule has 1 heterocycles. The van der Waals surface area contributed by atoms with Crippen LogP contribution in [0, 0.1) is 0 Å². The Hall–Kier alpha value is -2.59. The van der Waals surface area contributed by atoms with Crippen molar-refractivity contribution < 1.29 is 4.74 Å². The number of methoxy groups -OCH3 is 1. The number of hydrogen-bond acceptors (Lipinski definition) is 3. The monoisotopic (exact) mass is 307 g/mol. The van der Waals surface area contributed by atoms with E-state index in [0.717, 1.165) is 18.0 Å². The van der Waals surface area contributed by atoms with Gasteiger partial charge >= 0.3 is 0 Å². The quantitative estimate of drug-likeness (QED) is 0.754. The van der Waals surface area contributed by atoms with E-state index < -0.39 is 0 Å². The van der Waals surface area contributed by atoms with Crippen LogP contribution in [-0.2, 0) is 6.54 Å². The molecule has 118 valence electrons. The van der Waals surface area contributed by atoms with Crippen molar-refractivity contribution in [2.45, 2.75) is 19.5 Å². The van der Waals surface area contributed by atoms with E-state index in [1.54, 1.807) is 19.6 Å². The number of imidazole rings is 1. The first kappa shape index (κ1) is 15.3. The van der Waals surface area contributed by atoms with Crippen LogP contribution in [0.4, 0.5) is 0 Å². The van der Waals surface area contributed by atoms with Gasteiger partial charge in [-0.2, -0.15) is 0 Å². The largest absolute Gasteiger partial charge is 0.497 e. The molecule has 23 heavy (non-hydrogen) atoms. The van der Waals surface area contributed by atoms with Crippen molar-refractivity contribution in [1.82, 2.24) is 14.9 Å². The minimum atomic E-state index is 0.286. The van der Waals surface area contributed by atoms with E-state index in [2.05, 4.69) is 53.6 Å². The van der Waals surface area contributed by atoms with Crippen LogP contribution < -0.4 is 10.1 Å². The van der Waals surface area contributed by atoms with Crippen molar-refractivity contribution in [2.24, 2.45) is 0 Å². The number of hydrogen-bond donors (Lipinski definition) is 1. The van der Waals surface area contributed by atoms with Crippen molar-refractivity contribution in [3.63, 3.8) is 0 Å². The Morgan fingerprint density at radius 2 is 1.83 bits per heavy atom. The van der Waals surface area contributed by atoms with Crippen LogP contribution in [0.15, 0.2) is 67.3 Å². The molecule has 0 fully saturated rings. The molecule has 0 unspecified atom stereocenters. The molecule has 3 aromatic rings. The summed E-state index contributed by atoms with van der Waals surface area (Å²) in [4.78, 5) is 4.07. The highest BCUT2D eigenvalue weighted by molar-refractivity contribution is 5.35. The van der Waals surface area contributed by atoms with Gasteiger partial charge in [0.1, 0.15) is 5.75 Å². The molecular formula is C19H21N3O. The molecule has 3 rings (SSSR count).